The lowest BCUT2D eigenvalue weighted by Gasteiger charge is -2.12. The fourth-order valence-corrected chi connectivity index (χ4v) is 1.56. The summed E-state index contributed by atoms with van der Waals surface area (Å²) in [6.07, 6.45) is 0.330. The van der Waals surface area contributed by atoms with Gasteiger partial charge < -0.3 is 16.4 Å². The smallest absolute Gasteiger partial charge is 0.221 e. The Hall–Kier alpha value is -1.39. The van der Waals surface area contributed by atoms with Crippen molar-refractivity contribution in [3.8, 4) is 0 Å². The van der Waals surface area contributed by atoms with Crippen LogP contribution in [0.5, 0.6) is 0 Å². The molecule has 1 atom stereocenters. The van der Waals surface area contributed by atoms with Gasteiger partial charge >= 0.3 is 0 Å². The van der Waals surface area contributed by atoms with Gasteiger partial charge in [-0.3, -0.25) is 4.79 Å². The average Bonchev–Trinajstić information content (AvgIpc) is 2.36. The van der Waals surface area contributed by atoms with Crippen LogP contribution < -0.4 is 16.4 Å². The Bertz CT molecular complexity index is 327. The predicted octanol–water partition coefficient (Wildman–Crippen LogP) is 0.802. The summed E-state index contributed by atoms with van der Waals surface area (Å²) in [5.74, 6) is -0.000689. The van der Waals surface area contributed by atoms with Gasteiger partial charge in [0.15, 0.2) is 0 Å². The van der Waals surface area contributed by atoms with Crippen molar-refractivity contribution in [1.29, 1.82) is 0 Å². The van der Waals surface area contributed by atoms with Gasteiger partial charge in [0, 0.05) is 25.6 Å². The molecule has 0 fully saturated rings. The molecule has 0 aromatic heterocycles. The second-order valence-corrected chi connectivity index (χ2v) is 3.92. The first-order valence-corrected chi connectivity index (χ1v) is 6.02. The lowest BCUT2D eigenvalue weighted by atomic mass is 10.0. The highest BCUT2D eigenvalue weighted by molar-refractivity contribution is 5.76. The van der Waals surface area contributed by atoms with E-state index in [0.29, 0.717) is 13.0 Å². The molecule has 1 amide bonds. The minimum absolute atomic E-state index is 0.000689. The van der Waals surface area contributed by atoms with Crippen LogP contribution in [-0.4, -0.2) is 25.5 Å². The van der Waals surface area contributed by atoms with E-state index in [-0.39, 0.29) is 11.9 Å². The number of amides is 1. The number of carbonyl (C=O) groups excluding carboxylic acids is 1. The van der Waals surface area contributed by atoms with Crippen LogP contribution in [0.1, 0.15) is 24.9 Å². The van der Waals surface area contributed by atoms with E-state index in [4.69, 9.17) is 5.73 Å². The third-order valence-electron chi connectivity index (χ3n) is 2.51. The Kier molecular flexibility index (Phi) is 6.29. The molecule has 1 unspecified atom stereocenters. The minimum Gasteiger partial charge on any atom is -0.355 e. The molecule has 0 aliphatic carbocycles. The summed E-state index contributed by atoms with van der Waals surface area (Å²) in [6.45, 7) is 4.39. The molecule has 17 heavy (non-hydrogen) atoms. The number of hydrogen-bond acceptors (Lipinski definition) is 3. The van der Waals surface area contributed by atoms with Crippen LogP contribution in [0.3, 0.4) is 0 Å². The van der Waals surface area contributed by atoms with Crippen LogP contribution in [-0.2, 0) is 4.79 Å². The first kappa shape index (κ1) is 13.7. The second kappa shape index (κ2) is 7.81. The van der Waals surface area contributed by atoms with Gasteiger partial charge in [0.05, 0.1) is 0 Å². The van der Waals surface area contributed by atoms with Gasteiger partial charge in [-0.25, -0.2) is 0 Å². The molecule has 0 saturated carbocycles. The van der Waals surface area contributed by atoms with Gasteiger partial charge in [0.1, 0.15) is 0 Å². The molecule has 94 valence electrons. The van der Waals surface area contributed by atoms with Gasteiger partial charge in [-0.2, -0.15) is 0 Å². The maximum atomic E-state index is 11.6. The highest BCUT2D eigenvalue weighted by Crippen LogP contribution is 2.12. The molecule has 0 aliphatic rings. The highest BCUT2D eigenvalue weighted by Gasteiger charge is 2.10. The SMILES string of the molecule is CCNCCNC(=O)CC(N)c1ccccc1. The predicted molar refractivity (Wildman–Crippen MR) is 69.5 cm³/mol. The van der Waals surface area contributed by atoms with Crippen LogP contribution in [0.15, 0.2) is 30.3 Å². The van der Waals surface area contributed by atoms with Crippen molar-refractivity contribution in [1.82, 2.24) is 10.6 Å². The van der Waals surface area contributed by atoms with Crippen LogP contribution in [0.2, 0.25) is 0 Å². The summed E-state index contributed by atoms with van der Waals surface area (Å²) in [7, 11) is 0. The molecular weight excluding hydrogens is 214 g/mol. The Labute approximate surface area is 103 Å². The molecule has 1 rings (SSSR count). The maximum Gasteiger partial charge on any atom is 0.221 e. The van der Waals surface area contributed by atoms with Crippen molar-refractivity contribution in [3.05, 3.63) is 35.9 Å². The van der Waals surface area contributed by atoms with Gasteiger partial charge in [-0.1, -0.05) is 37.3 Å². The lowest BCUT2D eigenvalue weighted by molar-refractivity contribution is -0.121. The first-order valence-electron chi connectivity index (χ1n) is 6.02. The third-order valence-corrected chi connectivity index (χ3v) is 2.51. The van der Waals surface area contributed by atoms with Gasteiger partial charge in [0.2, 0.25) is 5.91 Å². The molecule has 1 aromatic carbocycles. The molecule has 4 N–H and O–H groups in total. The number of benzene rings is 1. The summed E-state index contributed by atoms with van der Waals surface area (Å²) >= 11 is 0. The molecule has 0 spiro atoms. The Morgan fingerprint density at radius 2 is 2.00 bits per heavy atom. The highest BCUT2D eigenvalue weighted by atomic mass is 16.1. The minimum atomic E-state index is -0.227. The topological polar surface area (TPSA) is 67.1 Å². The Balaban J connectivity index is 2.26. The van der Waals surface area contributed by atoms with Crippen LogP contribution in [0, 0.1) is 0 Å². The van der Waals surface area contributed by atoms with E-state index in [0.717, 1.165) is 18.7 Å². The fourth-order valence-electron chi connectivity index (χ4n) is 1.56. The van der Waals surface area contributed by atoms with E-state index in [2.05, 4.69) is 10.6 Å². The van der Waals surface area contributed by atoms with E-state index in [1.54, 1.807) is 0 Å². The zero-order valence-electron chi connectivity index (χ0n) is 10.3. The van der Waals surface area contributed by atoms with E-state index in [9.17, 15) is 4.79 Å². The maximum absolute atomic E-state index is 11.6. The molecule has 1 aromatic rings. The average molecular weight is 235 g/mol. The van der Waals surface area contributed by atoms with E-state index < -0.39 is 0 Å². The quantitative estimate of drug-likeness (QED) is 0.612. The molecule has 0 aliphatic heterocycles. The van der Waals surface area contributed by atoms with Crippen molar-refractivity contribution in [3.63, 3.8) is 0 Å². The van der Waals surface area contributed by atoms with Gasteiger partial charge in [-0.05, 0) is 12.1 Å². The van der Waals surface area contributed by atoms with Crippen molar-refractivity contribution >= 4 is 5.91 Å². The van der Waals surface area contributed by atoms with E-state index >= 15 is 0 Å². The number of nitrogens with one attached hydrogen (secondary N) is 2. The number of hydrogen-bond donors (Lipinski definition) is 3. The zero-order valence-corrected chi connectivity index (χ0v) is 10.3. The first-order chi connectivity index (χ1) is 8.24. The Morgan fingerprint density at radius 3 is 2.65 bits per heavy atom. The molecule has 4 heteroatoms. The molecule has 0 heterocycles. The van der Waals surface area contributed by atoms with Crippen molar-refractivity contribution in [2.24, 2.45) is 5.73 Å². The Morgan fingerprint density at radius 1 is 1.29 bits per heavy atom. The number of likely N-dealkylation sites (N-methyl/N-ethyl adjacent to an activating group) is 1. The summed E-state index contributed by atoms with van der Waals surface area (Å²) in [5, 5.41) is 5.98. The van der Waals surface area contributed by atoms with Gasteiger partial charge in [0.25, 0.3) is 0 Å². The number of carbonyl (C=O) groups is 1. The summed E-state index contributed by atoms with van der Waals surface area (Å²) in [6, 6.07) is 9.45. The molecule has 0 bridgehead atoms. The van der Waals surface area contributed by atoms with E-state index in [1.165, 1.54) is 0 Å². The molecule has 4 nitrogen and oxygen atoms in total. The molecular formula is C13H21N3O. The largest absolute Gasteiger partial charge is 0.355 e. The summed E-state index contributed by atoms with van der Waals surface area (Å²) < 4.78 is 0. The van der Waals surface area contributed by atoms with Crippen molar-refractivity contribution in [2.75, 3.05) is 19.6 Å². The number of nitrogens with two attached hydrogens (primary N) is 1. The van der Waals surface area contributed by atoms with Crippen molar-refractivity contribution in [2.45, 2.75) is 19.4 Å². The summed E-state index contributed by atoms with van der Waals surface area (Å²) in [5.41, 5.74) is 6.94. The standard InChI is InChI=1S/C13H21N3O/c1-2-15-8-9-16-13(17)10-12(14)11-6-4-3-5-7-11/h3-7,12,15H,2,8-10,14H2,1H3,(H,16,17). The normalized spacial score (nSPS) is 12.1. The van der Waals surface area contributed by atoms with E-state index in [1.807, 2.05) is 37.3 Å². The van der Waals surface area contributed by atoms with Gasteiger partial charge in [-0.15, -0.1) is 0 Å². The second-order valence-electron chi connectivity index (χ2n) is 3.92. The number of rotatable bonds is 7. The fraction of sp³-hybridized carbons (Fsp3) is 0.462. The third kappa shape index (κ3) is 5.47. The van der Waals surface area contributed by atoms with Crippen molar-refractivity contribution < 1.29 is 4.79 Å². The van der Waals surface area contributed by atoms with Crippen LogP contribution in [0.4, 0.5) is 0 Å². The lowest BCUT2D eigenvalue weighted by Crippen LogP contribution is -2.33. The summed E-state index contributed by atoms with van der Waals surface area (Å²) in [4.78, 5) is 11.6. The van der Waals surface area contributed by atoms with Crippen LogP contribution in [0.25, 0.3) is 0 Å². The zero-order chi connectivity index (χ0) is 12.5. The molecule has 0 saturated heterocycles. The monoisotopic (exact) mass is 235 g/mol. The molecule has 0 radical (unpaired) electrons. The van der Waals surface area contributed by atoms with Crippen LogP contribution >= 0.6 is 0 Å².